The van der Waals surface area contributed by atoms with Gasteiger partial charge >= 0.3 is 0 Å². The van der Waals surface area contributed by atoms with Gasteiger partial charge in [0.1, 0.15) is 5.82 Å². The third kappa shape index (κ3) is 4.17. The average molecular weight is 378 g/mol. The Labute approximate surface area is 151 Å². The van der Waals surface area contributed by atoms with Crippen LogP contribution in [0.4, 0.5) is 10.1 Å². The van der Waals surface area contributed by atoms with Crippen LogP contribution in [0.3, 0.4) is 0 Å². The maximum atomic E-state index is 13.9. The van der Waals surface area contributed by atoms with Gasteiger partial charge in [-0.25, -0.2) is 12.8 Å². The van der Waals surface area contributed by atoms with Gasteiger partial charge < -0.3 is 10.2 Å². The first kappa shape index (κ1) is 18.3. The molecule has 26 heavy (non-hydrogen) atoms. The molecule has 9 heteroatoms. The molecule has 0 spiro atoms. The lowest BCUT2D eigenvalue weighted by molar-refractivity contribution is 0.0634. The van der Waals surface area contributed by atoms with Crippen LogP contribution in [0, 0.1) is 5.82 Å². The number of aromatic nitrogens is 1. The lowest BCUT2D eigenvalue weighted by atomic mass is 10.0. The molecule has 3 rings (SSSR count). The third-order valence-electron chi connectivity index (χ3n) is 4.08. The van der Waals surface area contributed by atoms with Crippen molar-refractivity contribution in [3.8, 4) is 0 Å². The molecule has 1 atom stereocenters. The van der Waals surface area contributed by atoms with Gasteiger partial charge in [-0.2, -0.15) is 0 Å². The van der Waals surface area contributed by atoms with Gasteiger partial charge in [-0.1, -0.05) is 6.07 Å². The van der Waals surface area contributed by atoms with Crippen LogP contribution in [-0.2, 0) is 10.0 Å². The smallest absolute Gasteiger partial charge is 0.254 e. The molecule has 1 aromatic heterocycles. The molecule has 2 heterocycles. The zero-order chi connectivity index (χ0) is 18.7. The normalized spacial score (nSPS) is 17.8. The molecule has 1 aliphatic heterocycles. The number of nitrogens with zero attached hydrogens (tertiary/aromatic N) is 2. The second kappa shape index (κ2) is 7.38. The molecule has 1 aliphatic rings. The number of carbonyl (C=O) groups is 1. The van der Waals surface area contributed by atoms with Crippen LogP contribution in [-0.4, -0.2) is 50.1 Å². The van der Waals surface area contributed by atoms with Gasteiger partial charge in [0.05, 0.1) is 18.0 Å². The zero-order valence-corrected chi connectivity index (χ0v) is 15.0. The molecule has 138 valence electrons. The second-order valence-corrected chi connectivity index (χ2v) is 7.82. The van der Waals surface area contributed by atoms with Crippen molar-refractivity contribution in [3.05, 3.63) is 59.7 Å². The summed E-state index contributed by atoms with van der Waals surface area (Å²) in [4.78, 5) is 18.8. The number of benzene rings is 1. The standard InChI is InChI=1S/C17H19FN4O3S/c1-26(24,25)21-15-9-12(4-5-14(15)18)17(23)22-8-7-20-11-16(22)13-3-2-6-19-10-13/h2-6,9-10,16,20-21H,7-8,11H2,1H3. The minimum absolute atomic E-state index is 0.207. The first-order chi connectivity index (χ1) is 12.3. The quantitative estimate of drug-likeness (QED) is 0.839. The topological polar surface area (TPSA) is 91.4 Å². The minimum atomic E-state index is -3.65. The number of piperazine rings is 1. The predicted octanol–water partition coefficient (Wildman–Crippen LogP) is 1.38. The van der Waals surface area contributed by atoms with Crippen LogP contribution < -0.4 is 10.0 Å². The molecule has 0 aliphatic carbocycles. The summed E-state index contributed by atoms with van der Waals surface area (Å²) in [6.45, 7) is 1.69. The van der Waals surface area contributed by atoms with Gasteiger partial charge in [-0.15, -0.1) is 0 Å². The van der Waals surface area contributed by atoms with Crippen molar-refractivity contribution < 1.29 is 17.6 Å². The number of amides is 1. The zero-order valence-electron chi connectivity index (χ0n) is 14.1. The van der Waals surface area contributed by atoms with Gasteiger partial charge in [0.2, 0.25) is 10.0 Å². The second-order valence-electron chi connectivity index (χ2n) is 6.07. The Balaban J connectivity index is 1.91. The number of pyridine rings is 1. The Morgan fingerprint density at radius 3 is 2.88 bits per heavy atom. The molecule has 1 fully saturated rings. The van der Waals surface area contributed by atoms with Crippen molar-refractivity contribution in [2.24, 2.45) is 0 Å². The van der Waals surface area contributed by atoms with Crippen LogP contribution in [0.5, 0.6) is 0 Å². The summed E-state index contributed by atoms with van der Waals surface area (Å²) >= 11 is 0. The van der Waals surface area contributed by atoms with E-state index in [-0.39, 0.29) is 23.2 Å². The SMILES string of the molecule is CS(=O)(=O)Nc1cc(C(=O)N2CCNCC2c2cccnc2)ccc1F. The molecule has 0 bridgehead atoms. The van der Waals surface area contributed by atoms with Crippen molar-refractivity contribution in [2.75, 3.05) is 30.6 Å². The lowest BCUT2D eigenvalue weighted by Crippen LogP contribution is -2.48. The van der Waals surface area contributed by atoms with E-state index < -0.39 is 15.8 Å². The fourth-order valence-corrected chi connectivity index (χ4v) is 3.48. The van der Waals surface area contributed by atoms with Crippen molar-refractivity contribution in [1.82, 2.24) is 15.2 Å². The Bertz CT molecular complexity index is 905. The summed E-state index contributed by atoms with van der Waals surface area (Å²) in [5.74, 6) is -1.03. The number of halogens is 1. The fraction of sp³-hybridized carbons (Fsp3) is 0.294. The molecule has 2 aromatic rings. The number of hydrogen-bond acceptors (Lipinski definition) is 5. The summed E-state index contributed by atoms with van der Waals surface area (Å²) in [6.07, 6.45) is 4.30. The van der Waals surface area contributed by atoms with Crippen molar-refractivity contribution >= 4 is 21.6 Å². The number of anilines is 1. The van der Waals surface area contributed by atoms with Gasteiger partial charge in [-0.05, 0) is 29.8 Å². The number of hydrogen-bond donors (Lipinski definition) is 2. The molecular formula is C17H19FN4O3S. The van der Waals surface area contributed by atoms with Crippen LogP contribution in [0.25, 0.3) is 0 Å². The Hall–Kier alpha value is -2.52. The molecule has 1 saturated heterocycles. The Kier molecular flexibility index (Phi) is 5.19. The molecule has 7 nitrogen and oxygen atoms in total. The van der Waals surface area contributed by atoms with Gasteiger partial charge in [-0.3, -0.25) is 14.5 Å². The molecular weight excluding hydrogens is 359 g/mol. The van der Waals surface area contributed by atoms with E-state index in [2.05, 4.69) is 15.0 Å². The van der Waals surface area contributed by atoms with E-state index in [0.29, 0.717) is 19.6 Å². The lowest BCUT2D eigenvalue weighted by Gasteiger charge is -2.36. The highest BCUT2D eigenvalue weighted by Gasteiger charge is 2.29. The molecule has 1 amide bonds. The molecule has 2 N–H and O–H groups in total. The van der Waals surface area contributed by atoms with Gasteiger partial charge in [0, 0.05) is 37.6 Å². The number of rotatable bonds is 4. The highest BCUT2D eigenvalue weighted by molar-refractivity contribution is 7.92. The van der Waals surface area contributed by atoms with E-state index in [9.17, 15) is 17.6 Å². The van der Waals surface area contributed by atoms with Crippen LogP contribution >= 0.6 is 0 Å². The van der Waals surface area contributed by atoms with Crippen molar-refractivity contribution in [1.29, 1.82) is 0 Å². The summed E-state index contributed by atoms with van der Waals surface area (Å²) in [7, 11) is -3.65. The van der Waals surface area contributed by atoms with E-state index in [1.807, 2.05) is 6.07 Å². The van der Waals surface area contributed by atoms with Gasteiger partial charge in [0.15, 0.2) is 0 Å². The van der Waals surface area contributed by atoms with E-state index in [1.165, 1.54) is 12.1 Å². The maximum absolute atomic E-state index is 13.9. The molecule has 0 saturated carbocycles. The first-order valence-electron chi connectivity index (χ1n) is 8.04. The number of carbonyl (C=O) groups excluding carboxylic acids is 1. The van der Waals surface area contributed by atoms with Crippen LogP contribution in [0.15, 0.2) is 42.7 Å². The molecule has 1 aromatic carbocycles. The maximum Gasteiger partial charge on any atom is 0.254 e. The Morgan fingerprint density at radius 2 is 2.19 bits per heavy atom. The summed E-state index contributed by atoms with van der Waals surface area (Å²) in [5, 5.41) is 3.25. The number of sulfonamides is 1. The molecule has 1 unspecified atom stereocenters. The fourth-order valence-electron chi connectivity index (χ4n) is 2.92. The average Bonchev–Trinajstić information content (AvgIpc) is 2.62. The monoisotopic (exact) mass is 378 g/mol. The summed E-state index contributed by atoms with van der Waals surface area (Å²) < 4.78 is 38.7. The van der Waals surface area contributed by atoms with Gasteiger partial charge in [0.25, 0.3) is 5.91 Å². The summed E-state index contributed by atoms with van der Waals surface area (Å²) in [5.41, 5.74) is 0.865. The first-order valence-corrected chi connectivity index (χ1v) is 9.93. The van der Waals surface area contributed by atoms with Crippen molar-refractivity contribution in [3.63, 3.8) is 0 Å². The number of nitrogens with one attached hydrogen (secondary N) is 2. The third-order valence-corrected chi connectivity index (χ3v) is 4.67. The molecule has 0 radical (unpaired) electrons. The van der Waals surface area contributed by atoms with Crippen LogP contribution in [0.2, 0.25) is 0 Å². The highest BCUT2D eigenvalue weighted by Crippen LogP contribution is 2.25. The van der Waals surface area contributed by atoms with Crippen molar-refractivity contribution in [2.45, 2.75) is 6.04 Å². The largest absolute Gasteiger partial charge is 0.329 e. The van der Waals surface area contributed by atoms with Crippen LogP contribution in [0.1, 0.15) is 22.0 Å². The van der Waals surface area contributed by atoms with E-state index >= 15 is 0 Å². The van der Waals surface area contributed by atoms with E-state index in [4.69, 9.17) is 0 Å². The summed E-state index contributed by atoms with van der Waals surface area (Å²) in [6, 6.07) is 7.16. The minimum Gasteiger partial charge on any atom is -0.329 e. The Morgan fingerprint density at radius 1 is 1.38 bits per heavy atom. The van der Waals surface area contributed by atoms with E-state index in [1.54, 1.807) is 23.4 Å². The highest BCUT2D eigenvalue weighted by atomic mass is 32.2. The van der Waals surface area contributed by atoms with E-state index in [0.717, 1.165) is 17.9 Å². The predicted molar refractivity (Wildman–Crippen MR) is 95.8 cm³/mol.